The summed E-state index contributed by atoms with van der Waals surface area (Å²) in [6.45, 7) is 4.30. The van der Waals surface area contributed by atoms with Crippen molar-refractivity contribution in [2.45, 2.75) is 20.3 Å². The second-order valence-electron chi connectivity index (χ2n) is 5.60. The fraction of sp³-hybridized carbons (Fsp3) is 0.375. The highest BCUT2D eigenvalue weighted by Crippen LogP contribution is 2.29. The number of rotatable bonds is 3. The van der Waals surface area contributed by atoms with Crippen LogP contribution in [0.4, 0.5) is 5.69 Å². The number of carbonyl (C=O) groups is 2. The normalized spacial score (nSPS) is 18.7. The molecule has 21 heavy (non-hydrogen) atoms. The Bertz CT molecular complexity index is 707. The lowest BCUT2D eigenvalue weighted by molar-refractivity contribution is -0.117. The molecule has 3 rings (SSSR count). The second-order valence-corrected chi connectivity index (χ2v) is 6.80. The topological polar surface area (TPSA) is 53.2 Å². The molecule has 1 aliphatic rings. The minimum atomic E-state index is 0.116. The second kappa shape index (κ2) is 5.56. The van der Waals surface area contributed by atoms with Gasteiger partial charge in [0, 0.05) is 47.9 Å². The highest BCUT2D eigenvalue weighted by molar-refractivity contribution is 8.13. The first-order valence-corrected chi connectivity index (χ1v) is 8.04. The molecule has 0 aliphatic carbocycles. The smallest absolute Gasteiger partial charge is 0.227 e. The number of carbonyl (C=O) groups excluding carboxylic acids is 2. The average molecular weight is 302 g/mol. The van der Waals surface area contributed by atoms with Crippen molar-refractivity contribution in [2.24, 2.45) is 5.92 Å². The molecule has 1 atom stereocenters. The van der Waals surface area contributed by atoms with Crippen molar-refractivity contribution in [3.05, 3.63) is 30.0 Å². The zero-order chi connectivity index (χ0) is 15.0. The van der Waals surface area contributed by atoms with Crippen LogP contribution in [0.3, 0.4) is 0 Å². The first kappa shape index (κ1) is 14.2. The van der Waals surface area contributed by atoms with E-state index in [9.17, 15) is 9.59 Å². The summed E-state index contributed by atoms with van der Waals surface area (Å²) in [6, 6.07) is 8.14. The van der Waals surface area contributed by atoms with Gasteiger partial charge in [-0.2, -0.15) is 0 Å². The molecule has 0 spiro atoms. The van der Waals surface area contributed by atoms with Gasteiger partial charge in [0.25, 0.3) is 0 Å². The standard InChI is InChI=1S/C16H18N2O2S/c1-10-5-13-7-14(3-4-15(13)17-10)18-8-12(6-16(18)20)9-21-11(2)19/h3-5,7,12,17H,6,8-9H2,1-2H3. The van der Waals surface area contributed by atoms with Crippen LogP contribution in [0.5, 0.6) is 0 Å². The average Bonchev–Trinajstić information content (AvgIpc) is 2.97. The number of nitrogens with one attached hydrogen (secondary N) is 1. The Hall–Kier alpha value is -1.75. The molecule has 1 aliphatic heterocycles. The number of hydrogen-bond acceptors (Lipinski definition) is 3. The number of thioether (sulfide) groups is 1. The molecule has 2 heterocycles. The number of nitrogens with zero attached hydrogens (tertiary/aromatic N) is 1. The third kappa shape index (κ3) is 2.97. The molecule has 1 fully saturated rings. The maximum Gasteiger partial charge on any atom is 0.227 e. The van der Waals surface area contributed by atoms with Crippen molar-refractivity contribution >= 4 is 39.4 Å². The Kier molecular flexibility index (Phi) is 3.76. The predicted molar refractivity (Wildman–Crippen MR) is 86.6 cm³/mol. The number of amides is 1. The number of aromatic nitrogens is 1. The number of aromatic amines is 1. The van der Waals surface area contributed by atoms with E-state index in [1.165, 1.54) is 11.8 Å². The lowest BCUT2D eigenvalue weighted by Crippen LogP contribution is -2.24. The lowest BCUT2D eigenvalue weighted by atomic mass is 10.1. The third-order valence-electron chi connectivity index (χ3n) is 3.78. The highest BCUT2D eigenvalue weighted by atomic mass is 32.2. The van der Waals surface area contributed by atoms with Crippen molar-refractivity contribution in [2.75, 3.05) is 17.2 Å². The van der Waals surface area contributed by atoms with Gasteiger partial charge in [-0.05, 0) is 37.1 Å². The van der Waals surface area contributed by atoms with Crippen LogP contribution >= 0.6 is 11.8 Å². The molecule has 1 aromatic carbocycles. The predicted octanol–water partition coefficient (Wildman–Crippen LogP) is 3.11. The van der Waals surface area contributed by atoms with Crippen LogP contribution in [0.25, 0.3) is 10.9 Å². The molecule has 0 radical (unpaired) electrons. The van der Waals surface area contributed by atoms with Crippen LogP contribution in [0.15, 0.2) is 24.3 Å². The third-order valence-corrected chi connectivity index (χ3v) is 4.82. The molecule has 0 saturated carbocycles. The van der Waals surface area contributed by atoms with E-state index < -0.39 is 0 Å². The zero-order valence-electron chi connectivity index (χ0n) is 12.2. The van der Waals surface area contributed by atoms with Gasteiger partial charge in [-0.3, -0.25) is 9.59 Å². The molecule has 1 N–H and O–H groups in total. The van der Waals surface area contributed by atoms with E-state index in [4.69, 9.17) is 0 Å². The maximum absolute atomic E-state index is 12.2. The first-order chi connectivity index (χ1) is 10.0. The number of anilines is 1. The van der Waals surface area contributed by atoms with Crippen LogP contribution in [-0.2, 0) is 9.59 Å². The van der Waals surface area contributed by atoms with Crippen LogP contribution in [-0.4, -0.2) is 28.3 Å². The Balaban J connectivity index is 1.78. The SMILES string of the molecule is CC(=O)SCC1CC(=O)N(c2ccc3[nH]c(C)cc3c2)C1. The fourth-order valence-electron chi connectivity index (χ4n) is 2.81. The van der Waals surface area contributed by atoms with Crippen molar-refractivity contribution in [1.29, 1.82) is 0 Å². The summed E-state index contributed by atoms with van der Waals surface area (Å²) in [7, 11) is 0. The van der Waals surface area contributed by atoms with Gasteiger partial charge < -0.3 is 9.88 Å². The molecule has 1 amide bonds. The molecule has 2 aromatic rings. The van der Waals surface area contributed by atoms with Gasteiger partial charge in [-0.15, -0.1) is 0 Å². The van der Waals surface area contributed by atoms with E-state index in [2.05, 4.69) is 17.1 Å². The molecule has 0 bridgehead atoms. The van der Waals surface area contributed by atoms with E-state index in [0.29, 0.717) is 13.0 Å². The van der Waals surface area contributed by atoms with Crippen LogP contribution in [0, 0.1) is 12.8 Å². The molecule has 1 aromatic heterocycles. The highest BCUT2D eigenvalue weighted by Gasteiger charge is 2.30. The summed E-state index contributed by atoms with van der Waals surface area (Å²) in [6.07, 6.45) is 0.532. The summed E-state index contributed by atoms with van der Waals surface area (Å²) in [4.78, 5) is 28.4. The summed E-state index contributed by atoms with van der Waals surface area (Å²) in [5.41, 5.74) is 3.15. The van der Waals surface area contributed by atoms with Crippen LogP contribution < -0.4 is 4.90 Å². The van der Waals surface area contributed by atoms with Gasteiger partial charge in [0.15, 0.2) is 5.12 Å². The number of fused-ring (bicyclic) bond motifs is 1. The fourth-order valence-corrected chi connectivity index (χ4v) is 3.50. The number of aryl methyl sites for hydroxylation is 1. The molecular weight excluding hydrogens is 284 g/mol. The van der Waals surface area contributed by atoms with Crippen molar-refractivity contribution in [1.82, 2.24) is 4.98 Å². The Morgan fingerprint density at radius 2 is 2.24 bits per heavy atom. The van der Waals surface area contributed by atoms with Crippen LogP contribution in [0.1, 0.15) is 19.0 Å². The van der Waals surface area contributed by atoms with Crippen LogP contribution in [0.2, 0.25) is 0 Å². The summed E-state index contributed by atoms with van der Waals surface area (Å²) >= 11 is 1.31. The van der Waals surface area contributed by atoms with Gasteiger partial charge >= 0.3 is 0 Å². The van der Waals surface area contributed by atoms with E-state index >= 15 is 0 Å². The van der Waals surface area contributed by atoms with E-state index in [1.807, 2.05) is 24.0 Å². The Labute approximate surface area is 127 Å². The van der Waals surface area contributed by atoms with E-state index in [0.717, 1.165) is 28.0 Å². The molecule has 5 heteroatoms. The van der Waals surface area contributed by atoms with Crippen molar-refractivity contribution in [3.63, 3.8) is 0 Å². The maximum atomic E-state index is 12.2. The van der Waals surface area contributed by atoms with Gasteiger partial charge in [0.05, 0.1) is 0 Å². The quantitative estimate of drug-likeness (QED) is 0.948. The molecule has 1 unspecified atom stereocenters. The van der Waals surface area contributed by atoms with E-state index in [1.54, 1.807) is 6.92 Å². The van der Waals surface area contributed by atoms with Gasteiger partial charge in [0.2, 0.25) is 5.91 Å². The summed E-state index contributed by atoms with van der Waals surface area (Å²) < 4.78 is 0. The lowest BCUT2D eigenvalue weighted by Gasteiger charge is -2.16. The molecule has 110 valence electrons. The Morgan fingerprint density at radius 1 is 1.43 bits per heavy atom. The largest absolute Gasteiger partial charge is 0.359 e. The van der Waals surface area contributed by atoms with Gasteiger partial charge in [-0.1, -0.05) is 11.8 Å². The minimum Gasteiger partial charge on any atom is -0.359 e. The molecule has 4 nitrogen and oxygen atoms in total. The number of hydrogen-bond donors (Lipinski definition) is 1. The molecule has 1 saturated heterocycles. The molecular formula is C16H18N2O2S. The van der Waals surface area contributed by atoms with Gasteiger partial charge in [-0.25, -0.2) is 0 Å². The van der Waals surface area contributed by atoms with E-state index in [-0.39, 0.29) is 16.9 Å². The Morgan fingerprint density at radius 3 is 3.00 bits per heavy atom. The van der Waals surface area contributed by atoms with Crippen molar-refractivity contribution in [3.8, 4) is 0 Å². The van der Waals surface area contributed by atoms with Gasteiger partial charge in [0.1, 0.15) is 0 Å². The monoisotopic (exact) mass is 302 g/mol. The minimum absolute atomic E-state index is 0.116. The first-order valence-electron chi connectivity index (χ1n) is 7.06. The number of benzene rings is 1. The number of H-pyrrole nitrogens is 1. The summed E-state index contributed by atoms with van der Waals surface area (Å²) in [5.74, 6) is 1.13. The van der Waals surface area contributed by atoms with Crippen molar-refractivity contribution < 1.29 is 9.59 Å². The summed E-state index contributed by atoms with van der Waals surface area (Å²) in [5, 5.41) is 1.24. The zero-order valence-corrected chi connectivity index (χ0v) is 13.0.